The lowest BCUT2D eigenvalue weighted by Gasteiger charge is -2.09. The van der Waals surface area contributed by atoms with E-state index in [1.807, 2.05) is 30.3 Å². The summed E-state index contributed by atoms with van der Waals surface area (Å²) < 4.78 is 28.6. The Morgan fingerprint density at radius 3 is 2.67 bits per heavy atom. The minimum absolute atomic E-state index is 0.106. The molecular formula is C14H18N4O4S2. The summed E-state index contributed by atoms with van der Waals surface area (Å²) in [4.78, 5) is 8.29. The fourth-order valence-corrected chi connectivity index (χ4v) is 3.38. The van der Waals surface area contributed by atoms with Gasteiger partial charge >= 0.3 is 10.1 Å². The predicted molar refractivity (Wildman–Crippen MR) is 90.9 cm³/mol. The van der Waals surface area contributed by atoms with Crippen LogP contribution >= 0.6 is 11.8 Å². The molecule has 0 fully saturated rings. The van der Waals surface area contributed by atoms with Gasteiger partial charge in [0.2, 0.25) is 0 Å². The van der Waals surface area contributed by atoms with Crippen LogP contribution in [0.1, 0.15) is 5.56 Å². The molecule has 0 amide bonds. The first-order chi connectivity index (χ1) is 11.5. The molecule has 0 unspecified atom stereocenters. The number of nitrogens with zero attached hydrogens (tertiary/aromatic N) is 2. The van der Waals surface area contributed by atoms with E-state index in [0.29, 0.717) is 16.7 Å². The van der Waals surface area contributed by atoms with Gasteiger partial charge < -0.3 is 10.4 Å². The fraction of sp³-hybridized carbons (Fsp3) is 0.286. The van der Waals surface area contributed by atoms with Crippen LogP contribution in [0.25, 0.3) is 0 Å². The van der Waals surface area contributed by atoms with Crippen LogP contribution in [0.15, 0.2) is 46.6 Å². The highest BCUT2D eigenvalue weighted by molar-refractivity contribution is 7.98. The number of anilines is 1. The zero-order chi connectivity index (χ0) is 17.4. The number of thioether (sulfide) groups is 1. The molecule has 1 aromatic heterocycles. The molecule has 0 aliphatic carbocycles. The Hall–Kier alpha value is -1.72. The zero-order valence-electron chi connectivity index (χ0n) is 13.0. The number of aliphatic hydroxyl groups excluding tert-OH is 1. The van der Waals surface area contributed by atoms with Crippen molar-refractivity contribution in [3.05, 3.63) is 42.0 Å². The van der Waals surface area contributed by atoms with Crippen LogP contribution < -0.4 is 10.8 Å². The normalized spacial score (nSPS) is 11.4. The Bertz CT molecular complexity index is 757. The quantitative estimate of drug-likeness (QED) is 0.257. The Morgan fingerprint density at radius 2 is 2.00 bits per heavy atom. The lowest BCUT2D eigenvalue weighted by molar-refractivity contribution is 0.230. The summed E-state index contributed by atoms with van der Waals surface area (Å²) in [6, 6.07) is 10.9. The van der Waals surface area contributed by atoms with Crippen LogP contribution in [-0.4, -0.2) is 43.7 Å². The molecule has 0 spiro atoms. The van der Waals surface area contributed by atoms with Gasteiger partial charge in [-0.25, -0.2) is 9.97 Å². The van der Waals surface area contributed by atoms with E-state index < -0.39 is 10.1 Å². The largest absolute Gasteiger partial charge is 0.395 e. The minimum atomic E-state index is -4.04. The van der Waals surface area contributed by atoms with E-state index in [-0.39, 0.29) is 18.2 Å². The van der Waals surface area contributed by atoms with Gasteiger partial charge in [-0.2, -0.15) is 18.2 Å². The van der Waals surface area contributed by atoms with Gasteiger partial charge in [-0.3, -0.25) is 0 Å². The lowest BCUT2D eigenvalue weighted by Crippen LogP contribution is -2.18. The number of benzene rings is 1. The molecule has 0 saturated heterocycles. The van der Waals surface area contributed by atoms with Crippen molar-refractivity contribution in [3.63, 3.8) is 0 Å². The topological polar surface area (TPSA) is 113 Å². The lowest BCUT2D eigenvalue weighted by atomic mass is 10.2. The second-order valence-electron chi connectivity index (χ2n) is 4.54. The Kier molecular flexibility index (Phi) is 6.94. The third kappa shape index (κ3) is 5.42. The maximum atomic E-state index is 12.0. The zero-order valence-corrected chi connectivity index (χ0v) is 14.6. The van der Waals surface area contributed by atoms with Gasteiger partial charge in [-0.05, 0) is 5.56 Å². The summed E-state index contributed by atoms with van der Waals surface area (Å²) in [6.07, 6.45) is 0. The average molecular weight is 370 g/mol. The number of hydroxylamine groups is 1. The minimum Gasteiger partial charge on any atom is -0.395 e. The molecule has 3 N–H and O–H groups in total. The number of nitrogens with one attached hydrogen (secondary N) is 2. The maximum absolute atomic E-state index is 12.0. The summed E-state index contributed by atoms with van der Waals surface area (Å²) in [5.41, 5.74) is 3.20. The van der Waals surface area contributed by atoms with Crippen molar-refractivity contribution < 1.29 is 17.8 Å². The van der Waals surface area contributed by atoms with Crippen LogP contribution in [0.5, 0.6) is 0 Å². The van der Waals surface area contributed by atoms with Crippen LogP contribution in [0, 0.1) is 0 Å². The van der Waals surface area contributed by atoms with Crippen molar-refractivity contribution in [1.29, 1.82) is 0 Å². The molecule has 8 nitrogen and oxygen atoms in total. The standard InChI is InChI=1S/C14H18N4O4S2/c1-15-22-24(20,21)13-9-12(16-7-8-19)17-14(18-13)23-10-11-5-3-2-4-6-11/h2-6,9,15,19H,7-8,10H2,1H3,(H,16,17,18). The number of rotatable bonds is 9. The van der Waals surface area contributed by atoms with Crippen molar-refractivity contribution in [2.75, 3.05) is 25.5 Å². The SMILES string of the molecule is CNOS(=O)(=O)c1cc(NCCO)nc(SCc2ccccc2)n1. The molecule has 2 aromatic rings. The molecule has 0 bridgehead atoms. The summed E-state index contributed by atoms with van der Waals surface area (Å²) in [7, 11) is -2.70. The van der Waals surface area contributed by atoms with E-state index >= 15 is 0 Å². The van der Waals surface area contributed by atoms with Gasteiger partial charge in [0.05, 0.1) is 6.61 Å². The van der Waals surface area contributed by atoms with Gasteiger partial charge in [-0.15, -0.1) is 0 Å². The van der Waals surface area contributed by atoms with Crippen LogP contribution in [0.3, 0.4) is 0 Å². The molecule has 10 heteroatoms. The first kappa shape index (κ1) is 18.6. The van der Waals surface area contributed by atoms with Crippen molar-refractivity contribution in [1.82, 2.24) is 15.4 Å². The van der Waals surface area contributed by atoms with Crippen LogP contribution in [-0.2, 0) is 20.2 Å². The summed E-state index contributed by atoms with van der Waals surface area (Å²) >= 11 is 1.30. The molecule has 2 rings (SSSR count). The van der Waals surface area contributed by atoms with E-state index in [1.165, 1.54) is 24.9 Å². The summed E-state index contributed by atoms with van der Waals surface area (Å²) in [5, 5.41) is 11.8. The van der Waals surface area contributed by atoms with Gasteiger partial charge in [0.15, 0.2) is 10.2 Å². The fourth-order valence-electron chi connectivity index (χ4n) is 1.75. The molecule has 1 heterocycles. The smallest absolute Gasteiger partial charge is 0.330 e. The molecule has 130 valence electrons. The molecule has 24 heavy (non-hydrogen) atoms. The van der Waals surface area contributed by atoms with Gasteiger partial charge in [0.25, 0.3) is 0 Å². The van der Waals surface area contributed by atoms with Crippen molar-refractivity contribution in [2.45, 2.75) is 15.9 Å². The second kappa shape index (κ2) is 8.94. The average Bonchev–Trinajstić information content (AvgIpc) is 2.59. The van der Waals surface area contributed by atoms with E-state index in [9.17, 15) is 8.42 Å². The maximum Gasteiger partial charge on any atom is 0.330 e. The Labute approximate surface area is 144 Å². The van der Waals surface area contributed by atoms with Gasteiger partial charge in [0.1, 0.15) is 5.82 Å². The third-order valence-electron chi connectivity index (χ3n) is 2.76. The molecule has 0 saturated carbocycles. The second-order valence-corrected chi connectivity index (χ2v) is 6.98. The van der Waals surface area contributed by atoms with Gasteiger partial charge in [-0.1, -0.05) is 42.1 Å². The van der Waals surface area contributed by atoms with Crippen LogP contribution in [0.2, 0.25) is 0 Å². The molecule has 1 aromatic carbocycles. The van der Waals surface area contributed by atoms with E-state index in [0.717, 1.165) is 5.56 Å². The van der Waals surface area contributed by atoms with Crippen LogP contribution in [0.4, 0.5) is 5.82 Å². The predicted octanol–water partition coefficient (Wildman–Crippen LogP) is 1.01. The van der Waals surface area contributed by atoms with E-state index in [2.05, 4.69) is 25.0 Å². The number of hydrogen-bond acceptors (Lipinski definition) is 9. The van der Waals surface area contributed by atoms with Crippen molar-refractivity contribution >= 4 is 27.7 Å². The monoisotopic (exact) mass is 370 g/mol. The highest BCUT2D eigenvalue weighted by Gasteiger charge is 2.20. The van der Waals surface area contributed by atoms with Crippen molar-refractivity contribution in [2.24, 2.45) is 0 Å². The molecular weight excluding hydrogens is 352 g/mol. The molecule has 0 radical (unpaired) electrons. The number of hydrogen-bond donors (Lipinski definition) is 3. The number of aromatic nitrogens is 2. The first-order valence-electron chi connectivity index (χ1n) is 7.06. The Morgan fingerprint density at radius 1 is 1.25 bits per heavy atom. The Balaban J connectivity index is 2.25. The highest BCUT2D eigenvalue weighted by atomic mass is 32.2. The van der Waals surface area contributed by atoms with E-state index in [1.54, 1.807) is 0 Å². The van der Waals surface area contributed by atoms with E-state index in [4.69, 9.17) is 5.11 Å². The molecule has 0 atom stereocenters. The third-order valence-corrected chi connectivity index (χ3v) is 4.79. The van der Waals surface area contributed by atoms with Crippen molar-refractivity contribution in [3.8, 4) is 0 Å². The molecule has 0 aliphatic heterocycles. The summed E-state index contributed by atoms with van der Waals surface area (Å²) in [5.74, 6) is 0.893. The highest BCUT2D eigenvalue weighted by Crippen LogP contribution is 2.23. The molecule has 0 aliphatic rings. The number of aliphatic hydroxyl groups is 1. The van der Waals surface area contributed by atoms with Gasteiger partial charge in [0, 0.05) is 25.4 Å². The first-order valence-corrected chi connectivity index (χ1v) is 9.45. The summed E-state index contributed by atoms with van der Waals surface area (Å²) in [6.45, 7) is 0.137.